The molecule has 1 saturated carbocycles. The van der Waals surface area contributed by atoms with Crippen LogP contribution in [-0.2, 0) is 0 Å². The van der Waals surface area contributed by atoms with E-state index in [1.807, 2.05) is 24.6 Å². The molecule has 2 aromatic heterocycles. The molecule has 0 atom stereocenters. The first-order chi connectivity index (χ1) is 10.1. The molecule has 5 nitrogen and oxygen atoms in total. The zero-order chi connectivity index (χ0) is 14.9. The summed E-state index contributed by atoms with van der Waals surface area (Å²) in [5, 5.41) is 15.0. The minimum absolute atomic E-state index is 0.0996. The molecular weight excluding hydrogens is 286 g/mol. The van der Waals surface area contributed by atoms with Crippen molar-refractivity contribution in [1.29, 1.82) is 0 Å². The van der Waals surface area contributed by atoms with Crippen LogP contribution in [0.5, 0.6) is 0 Å². The smallest absolute Gasteiger partial charge is 0.267 e. The molecule has 112 valence electrons. The van der Waals surface area contributed by atoms with Crippen molar-refractivity contribution in [2.75, 3.05) is 13.2 Å². The Balaban J connectivity index is 1.62. The minimum atomic E-state index is -0.0996. The average Bonchev–Trinajstić information content (AvgIpc) is 2.90. The van der Waals surface area contributed by atoms with Crippen LogP contribution in [0.3, 0.4) is 0 Å². The lowest BCUT2D eigenvalue weighted by molar-refractivity contribution is 0.0936. The van der Waals surface area contributed by atoms with Crippen molar-refractivity contribution in [1.82, 2.24) is 15.3 Å². The molecule has 1 aliphatic carbocycles. The van der Waals surface area contributed by atoms with E-state index in [9.17, 15) is 4.79 Å². The maximum Gasteiger partial charge on any atom is 0.267 e. The summed E-state index contributed by atoms with van der Waals surface area (Å²) in [6, 6.07) is 1.83. The van der Waals surface area contributed by atoms with Gasteiger partial charge in [-0.25, -0.2) is 4.98 Å². The summed E-state index contributed by atoms with van der Waals surface area (Å²) < 4.78 is 0. The molecule has 2 heterocycles. The van der Waals surface area contributed by atoms with E-state index in [0.717, 1.165) is 35.5 Å². The van der Waals surface area contributed by atoms with Crippen molar-refractivity contribution < 1.29 is 9.90 Å². The van der Waals surface area contributed by atoms with Crippen LogP contribution >= 0.6 is 11.3 Å². The van der Waals surface area contributed by atoms with Gasteiger partial charge in [-0.05, 0) is 37.7 Å². The third-order valence-electron chi connectivity index (χ3n) is 4.07. The van der Waals surface area contributed by atoms with Crippen LogP contribution in [-0.4, -0.2) is 34.1 Å². The average molecular weight is 305 g/mol. The highest BCUT2D eigenvalue weighted by molar-refractivity contribution is 7.09. The number of aromatic amines is 1. The molecule has 0 radical (unpaired) electrons. The van der Waals surface area contributed by atoms with Gasteiger partial charge in [0.1, 0.15) is 5.69 Å². The molecule has 0 spiro atoms. The molecule has 1 amide bonds. The summed E-state index contributed by atoms with van der Waals surface area (Å²) in [6.07, 6.45) is 4.75. The Labute approximate surface area is 127 Å². The monoisotopic (exact) mass is 305 g/mol. The number of nitrogens with one attached hydrogen (secondary N) is 2. The Morgan fingerprint density at radius 2 is 2.38 bits per heavy atom. The summed E-state index contributed by atoms with van der Waals surface area (Å²) in [4.78, 5) is 19.6. The van der Waals surface area contributed by atoms with Crippen LogP contribution < -0.4 is 5.32 Å². The van der Waals surface area contributed by atoms with Crippen LogP contribution in [0.4, 0.5) is 0 Å². The number of thiazole rings is 1. The van der Waals surface area contributed by atoms with E-state index in [1.165, 1.54) is 0 Å². The number of aryl methyl sites for hydroxylation is 1. The second kappa shape index (κ2) is 5.61. The quantitative estimate of drug-likeness (QED) is 0.766. The van der Waals surface area contributed by atoms with Gasteiger partial charge < -0.3 is 15.4 Å². The van der Waals surface area contributed by atoms with Crippen LogP contribution in [0.2, 0.25) is 0 Å². The van der Waals surface area contributed by atoms with E-state index in [2.05, 4.69) is 15.3 Å². The number of amides is 1. The molecule has 0 saturated heterocycles. The number of hydrogen-bond acceptors (Lipinski definition) is 4. The first-order valence-corrected chi connectivity index (χ1v) is 8.00. The third kappa shape index (κ3) is 3.16. The second-order valence-electron chi connectivity index (χ2n) is 5.71. The number of rotatable bonds is 6. The molecule has 1 aliphatic rings. The van der Waals surface area contributed by atoms with Crippen molar-refractivity contribution in [3.8, 4) is 11.3 Å². The lowest BCUT2D eigenvalue weighted by atomic mass is 10.0. The predicted octanol–water partition coefficient (Wildman–Crippen LogP) is 2.34. The second-order valence-corrected chi connectivity index (χ2v) is 6.77. The molecule has 0 bridgehead atoms. The predicted molar refractivity (Wildman–Crippen MR) is 82.3 cm³/mol. The molecule has 0 aliphatic heterocycles. The molecule has 21 heavy (non-hydrogen) atoms. The number of aliphatic hydroxyl groups is 1. The van der Waals surface area contributed by atoms with Gasteiger partial charge in [-0.1, -0.05) is 0 Å². The maximum absolute atomic E-state index is 12.2. The molecule has 2 aromatic rings. The number of nitrogens with zero attached hydrogens (tertiary/aromatic N) is 1. The number of aromatic nitrogens is 2. The molecule has 0 aromatic carbocycles. The molecule has 6 heteroatoms. The van der Waals surface area contributed by atoms with E-state index >= 15 is 0 Å². The van der Waals surface area contributed by atoms with Crippen LogP contribution in [0.15, 0.2) is 17.6 Å². The van der Waals surface area contributed by atoms with Gasteiger partial charge in [0.2, 0.25) is 0 Å². The lowest BCUT2D eigenvalue weighted by Gasteiger charge is -2.13. The molecule has 0 unspecified atom stereocenters. The Bertz CT molecular complexity index is 643. The van der Waals surface area contributed by atoms with Gasteiger partial charge in [0.05, 0.1) is 10.7 Å². The summed E-state index contributed by atoms with van der Waals surface area (Å²) >= 11 is 1.60. The van der Waals surface area contributed by atoms with Crippen molar-refractivity contribution in [3.05, 3.63) is 28.3 Å². The lowest BCUT2D eigenvalue weighted by Crippen LogP contribution is -2.30. The Hall–Kier alpha value is -1.66. The van der Waals surface area contributed by atoms with Crippen molar-refractivity contribution in [3.63, 3.8) is 0 Å². The standard InChI is InChI=1S/C15H19N3O2S/c1-10-18-13(8-21-10)11-6-12(16-7-11)14(20)17-9-15(2-3-15)4-5-19/h6-8,16,19H,2-5,9H2,1H3,(H,17,20). The van der Waals surface area contributed by atoms with Crippen molar-refractivity contribution >= 4 is 17.2 Å². The number of aliphatic hydroxyl groups excluding tert-OH is 1. The van der Waals surface area contributed by atoms with Gasteiger partial charge in [-0.3, -0.25) is 4.79 Å². The minimum Gasteiger partial charge on any atom is -0.396 e. The van der Waals surface area contributed by atoms with Crippen LogP contribution in [0, 0.1) is 12.3 Å². The fourth-order valence-electron chi connectivity index (χ4n) is 2.46. The molecular formula is C15H19N3O2S. The largest absolute Gasteiger partial charge is 0.396 e. The molecule has 3 rings (SSSR count). The van der Waals surface area contributed by atoms with Gasteiger partial charge in [0.25, 0.3) is 5.91 Å². The highest BCUT2D eigenvalue weighted by atomic mass is 32.1. The van der Waals surface area contributed by atoms with E-state index in [-0.39, 0.29) is 17.9 Å². The molecule has 3 N–H and O–H groups in total. The van der Waals surface area contributed by atoms with Gasteiger partial charge >= 0.3 is 0 Å². The topological polar surface area (TPSA) is 78.0 Å². The Morgan fingerprint density at radius 1 is 1.57 bits per heavy atom. The number of carbonyl (C=O) groups is 1. The van der Waals surface area contributed by atoms with Gasteiger partial charge in [-0.15, -0.1) is 11.3 Å². The number of carbonyl (C=O) groups excluding carboxylic acids is 1. The summed E-state index contributed by atoms with van der Waals surface area (Å²) in [5.41, 5.74) is 2.51. The fraction of sp³-hybridized carbons (Fsp3) is 0.467. The third-order valence-corrected chi connectivity index (χ3v) is 4.84. The zero-order valence-corrected chi connectivity index (χ0v) is 12.8. The van der Waals surface area contributed by atoms with Crippen molar-refractivity contribution in [2.24, 2.45) is 5.41 Å². The SMILES string of the molecule is Cc1nc(-c2c[nH]c(C(=O)NCC3(CCO)CC3)c2)cs1. The van der Waals surface area contributed by atoms with Gasteiger partial charge in [0.15, 0.2) is 0 Å². The highest BCUT2D eigenvalue weighted by Gasteiger charge is 2.41. The number of H-pyrrole nitrogens is 1. The van der Waals surface area contributed by atoms with Gasteiger partial charge in [0, 0.05) is 30.3 Å². The first-order valence-electron chi connectivity index (χ1n) is 7.12. The zero-order valence-electron chi connectivity index (χ0n) is 12.0. The fourth-order valence-corrected chi connectivity index (χ4v) is 3.08. The Morgan fingerprint density at radius 3 is 3.00 bits per heavy atom. The van der Waals surface area contributed by atoms with E-state index < -0.39 is 0 Å². The van der Waals surface area contributed by atoms with Crippen LogP contribution in [0.25, 0.3) is 11.3 Å². The van der Waals surface area contributed by atoms with E-state index in [4.69, 9.17) is 5.11 Å². The normalized spacial score (nSPS) is 15.9. The highest BCUT2D eigenvalue weighted by Crippen LogP contribution is 2.47. The van der Waals surface area contributed by atoms with Crippen molar-refractivity contribution in [2.45, 2.75) is 26.2 Å². The Kier molecular flexibility index (Phi) is 3.82. The number of hydrogen-bond donors (Lipinski definition) is 3. The summed E-state index contributed by atoms with van der Waals surface area (Å²) in [7, 11) is 0. The first kappa shape index (κ1) is 14.3. The maximum atomic E-state index is 12.2. The summed E-state index contributed by atoms with van der Waals surface area (Å²) in [5.74, 6) is -0.0996. The van der Waals surface area contributed by atoms with Gasteiger partial charge in [-0.2, -0.15) is 0 Å². The molecule has 1 fully saturated rings. The van der Waals surface area contributed by atoms with Crippen LogP contribution in [0.1, 0.15) is 34.8 Å². The van der Waals surface area contributed by atoms with E-state index in [0.29, 0.717) is 12.2 Å². The van der Waals surface area contributed by atoms with E-state index in [1.54, 1.807) is 11.3 Å². The summed E-state index contributed by atoms with van der Waals surface area (Å²) in [6.45, 7) is 2.78.